The summed E-state index contributed by atoms with van der Waals surface area (Å²) in [4.78, 5) is 21.8. The fraction of sp³-hybridized carbons (Fsp3) is 0.345. The predicted octanol–water partition coefficient (Wildman–Crippen LogP) is 5.19. The van der Waals surface area contributed by atoms with Crippen molar-refractivity contribution in [3.63, 3.8) is 0 Å². The number of carbonyl (C=O) groups excluding carboxylic acids is 1. The van der Waals surface area contributed by atoms with Crippen LogP contribution in [0.4, 0.5) is 5.82 Å². The number of para-hydroxylation sites is 1. The fourth-order valence-corrected chi connectivity index (χ4v) is 6.36. The van der Waals surface area contributed by atoms with Crippen LogP contribution in [0.5, 0.6) is 0 Å². The zero-order chi connectivity index (χ0) is 23.7. The molecule has 1 N–H and O–H groups in total. The molecule has 1 aliphatic carbocycles. The molecule has 3 fully saturated rings. The van der Waals surface area contributed by atoms with Crippen LogP contribution in [-0.4, -0.2) is 52.2 Å². The topological polar surface area (TPSA) is 65.1 Å². The van der Waals surface area contributed by atoms with E-state index < -0.39 is 0 Å². The maximum absolute atomic E-state index is 12.1. The smallest absolute Gasteiger partial charge is 0.245 e. The van der Waals surface area contributed by atoms with Gasteiger partial charge in [0.2, 0.25) is 5.91 Å². The lowest BCUT2D eigenvalue weighted by atomic mass is 9.79. The number of nitrogens with zero attached hydrogens (tertiary/aromatic N) is 4. The highest BCUT2D eigenvalue weighted by molar-refractivity contribution is 6.07. The lowest BCUT2D eigenvalue weighted by molar-refractivity contribution is -0.136. The number of likely N-dealkylation sites (tertiary alicyclic amines) is 1. The van der Waals surface area contributed by atoms with E-state index in [1.165, 1.54) is 51.9 Å². The van der Waals surface area contributed by atoms with Gasteiger partial charge < -0.3 is 9.80 Å². The first-order chi connectivity index (χ1) is 17.1. The minimum absolute atomic E-state index is 0.0440. The van der Waals surface area contributed by atoms with Crippen LogP contribution in [-0.2, 0) is 4.79 Å². The first kappa shape index (κ1) is 20.7. The first-order valence-corrected chi connectivity index (χ1v) is 12.6. The highest BCUT2D eigenvalue weighted by Crippen LogP contribution is 2.53. The zero-order valence-corrected chi connectivity index (χ0v) is 20.1. The molecule has 6 heteroatoms. The van der Waals surface area contributed by atoms with Crippen LogP contribution in [0.3, 0.4) is 0 Å². The standard InChI is InChI=1S/C29H29N5O/c1-3-24(35)34-16-29(17-34)12-13-33(15-29)28-26(19-9-10-19)27(20-6-4-5-7-22(20)31-28)25-18(2)8-11-23-21(25)14-30-32-23/h3-8,11,14,19H,1,9-10,12-13,15-17H2,2H3,(H,30,32). The van der Waals surface area contributed by atoms with Crippen LogP contribution in [0.1, 0.15) is 36.3 Å². The summed E-state index contributed by atoms with van der Waals surface area (Å²) >= 11 is 0. The van der Waals surface area contributed by atoms with Gasteiger partial charge in [0.05, 0.1) is 17.2 Å². The Morgan fingerprint density at radius 3 is 2.74 bits per heavy atom. The second kappa shape index (κ2) is 7.41. The largest absolute Gasteiger partial charge is 0.356 e. The number of hydrogen-bond donors (Lipinski definition) is 1. The monoisotopic (exact) mass is 463 g/mol. The summed E-state index contributed by atoms with van der Waals surface area (Å²) in [6.45, 7) is 9.43. The quantitative estimate of drug-likeness (QED) is 0.423. The molecule has 4 heterocycles. The Hall–Kier alpha value is -3.67. The molecule has 2 saturated heterocycles. The third-order valence-electron chi connectivity index (χ3n) is 8.25. The van der Waals surface area contributed by atoms with E-state index in [1.807, 2.05) is 11.1 Å². The van der Waals surface area contributed by atoms with Gasteiger partial charge in [0.25, 0.3) is 0 Å². The Kier molecular flexibility index (Phi) is 4.38. The Bertz CT molecular complexity index is 1510. The summed E-state index contributed by atoms with van der Waals surface area (Å²) < 4.78 is 0. The van der Waals surface area contributed by atoms with Gasteiger partial charge in [-0.25, -0.2) is 4.98 Å². The minimum atomic E-state index is 0.0440. The van der Waals surface area contributed by atoms with E-state index in [4.69, 9.17) is 4.98 Å². The number of H-pyrrole nitrogens is 1. The molecule has 0 unspecified atom stereocenters. The number of benzene rings is 2. The molecule has 1 saturated carbocycles. The number of carbonyl (C=O) groups is 1. The van der Waals surface area contributed by atoms with Crippen LogP contribution in [0.15, 0.2) is 55.3 Å². The van der Waals surface area contributed by atoms with Gasteiger partial charge in [0, 0.05) is 47.9 Å². The average Bonchev–Trinajstić information content (AvgIpc) is 3.40. The van der Waals surface area contributed by atoms with Crippen molar-refractivity contribution < 1.29 is 4.79 Å². The molecule has 2 aliphatic heterocycles. The van der Waals surface area contributed by atoms with Crippen molar-refractivity contribution in [1.29, 1.82) is 0 Å². The summed E-state index contributed by atoms with van der Waals surface area (Å²) in [5, 5.41) is 9.93. The lowest BCUT2D eigenvalue weighted by Gasteiger charge is -2.47. The summed E-state index contributed by atoms with van der Waals surface area (Å²) in [5.74, 6) is 1.73. The number of amides is 1. The number of rotatable bonds is 4. The lowest BCUT2D eigenvalue weighted by Crippen LogP contribution is -2.59. The summed E-state index contributed by atoms with van der Waals surface area (Å²) in [6, 6.07) is 12.9. The van der Waals surface area contributed by atoms with Crippen molar-refractivity contribution in [1.82, 2.24) is 20.1 Å². The SMILES string of the molecule is C=CC(=O)N1CC2(CCN(c3nc4ccccc4c(-c4c(C)ccc5[nH]ncc45)c3C3CC3)C2)C1. The van der Waals surface area contributed by atoms with Crippen LogP contribution in [0.2, 0.25) is 0 Å². The molecule has 0 radical (unpaired) electrons. The number of aryl methyl sites for hydroxylation is 1. The van der Waals surface area contributed by atoms with E-state index in [0.29, 0.717) is 5.92 Å². The van der Waals surface area contributed by atoms with Gasteiger partial charge in [-0.05, 0) is 67.0 Å². The van der Waals surface area contributed by atoms with Crippen LogP contribution < -0.4 is 4.90 Å². The number of hydrogen-bond acceptors (Lipinski definition) is 4. The van der Waals surface area contributed by atoms with E-state index in [2.05, 4.69) is 65.0 Å². The third-order valence-corrected chi connectivity index (χ3v) is 8.25. The van der Waals surface area contributed by atoms with Crippen LogP contribution in [0, 0.1) is 12.3 Å². The molecule has 2 aromatic heterocycles. The molecule has 0 bridgehead atoms. The number of aromatic amines is 1. The van der Waals surface area contributed by atoms with E-state index in [9.17, 15) is 4.79 Å². The van der Waals surface area contributed by atoms with E-state index in [0.717, 1.165) is 49.5 Å². The highest BCUT2D eigenvalue weighted by atomic mass is 16.2. The Morgan fingerprint density at radius 1 is 1.11 bits per heavy atom. The molecule has 1 amide bonds. The Labute approximate surface area is 204 Å². The molecule has 7 rings (SSSR count). The van der Waals surface area contributed by atoms with Crippen LogP contribution >= 0.6 is 0 Å². The van der Waals surface area contributed by atoms with Gasteiger partial charge in [-0.3, -0.25) is 9.89 Å². The van der Waals surface area contributed by atoms with E-state index >= 15 is 0 Å². The van der Waals surface area contributed by atoms with Crippen molar-refractivity contribution >= 4 is 33.5 Å². The molecule has 3 aliphatic rings. The van der Waals surface area contributed by atoms with Gasteiger partial charge in [-0.15, -0.1) is 0 Å². The molecule has 0 atom stereocenters. The molecule has 176 valence electrons. The van der Waals surface area contributed by atoms with E-state index in [1.54, 1.807) is 0 Å². The molecule has 1 spiro atoms. The van der Waals surface area contributed by atoms with Crippen molar-refractivity contribution in [3.8, 4) is 11.1 Å². The van der Waals surface area contributed by atoms with Gasteiger partial charge in [0.1, 0.15) is 5.82 Å². The van der Waals surface area contributed by atoms with Crippen LogP contribution in [0.25, 0.3) is 32.9 Å². The van der Waals surface area contributed by atoms with Gasteiger partial charge >= 0.3 is 0 Å². The third kappa shape index (κ3) is 3.12. The number of fused-ring (bicyclic) bond motifs is 2. The molecule has 4 aromatic rings. The zero-order valence-electron chi connectivity index (χ0n) is 20.1. The van der Waals surface area contributed by atoms with Gasteiger partial charge in [-0.2, -0.15) is 5.10 Å². The molecule has 35 heavy (non-hydrogen) atoms. The summed E-state index contributed by atoms with van der Waals surface area (Å²) in [5.41, 5.74) is 7.55. The second-order valence-corrected chi connectivity index (χ2v) is 10.7. The average molecular weight is 464 g/mol. The number of pyridine rings is 1. The normalized spacial score (nSPS) is 19.0. The molecule has 2 aromatic carbocycles. The van der Waals surface area contributed by atoms with E-state index in [-0.39, 0.29) is 11.3 Å². The maximum Gasteiger partial charge on any atom is 0.245 e. The molecule has 6 nitrogen and oxygen atoms in total. The Balaban J connectivity index is 1.40. The van der Waals surface area contributed by atoms with Crippen molar-refractivity contribution in [3.05, 3.63) is 66.4 Å². The maximum atomic E-state index is 12.1. The summed E-state index contributed by atoms with van der Waals surface area (Å²) in [7, 11) is 0. The van der Waals surface area contributed by atoms with Crippen molar-refractivity contribution in [2.24, 2.45) is 5.41 Å². The molecular weight excluding hydrogens is 434 g/mol. The highest BCUT2D eigenvalue weighted by Gasteiger charge is 2.50. The Morgan fingerprint density at radius 2 is 1.94 bits per heavy atom. The van der Waals surface area contributed by atoms with Crippen molar-refractivity contribution in [2.75, 3.05) is 31.1 Å². The number of aromatic nitrogens is 3. The number of nitrogens with one attached hydrogen (secondary N) is 1. The second-order valence-electron chi connectivity index (χ2n) is 10.7. The van der Waals surface area contributed by atoms with Gasteiger partial charge in [0.15, 0.2) is 0 Å². The number of anilines is 1. The fourth-order valence-electron chi connectivity index (χ4n) is 6.36. The first-order valence-electron chi connectivity index (χ1n) is 12.6. The minimum Gasteiger partial charge on any atom is -0.356 e. The predicted molar refractivity (Wildman–Crippen MR) is 140 cm³/mol. The molecular formula is C29H29N5O. The summed E-state index contributed by atoms with van der Waals surface area (Å²) in [6.07, 6.45) is 6.91. The van der Waals surface area contributed by atoms with Gasteiger partial charge in [-0.1, -0.05) is 30.8 Å². The van der Waals surface area contributed by atoms with Crippen molar-refractivity contribution in [2.45, 2.75) is 32.1 Å².